The molecule has 3 heteroatoms. The molecule has 0 spiro atoms. The summed E-state index contributed by atoms with van der Waals surface area (Å²) in [7, 11) is 0. The van der Waals surface area contributed by atoms with Crippen LogP contribution in [-0.4, -0.2) is 5.11 Å². The van der Waals surface area contributed by atoms with Crippen molar-refractivity contribution in [1.29, 1.82) is 0 Å². The van der Waals surface area contributed by atoms with E-state index in [2.05, 4.69) is 6.07 Å². The second-order valence-electron chi connectivity index (χ2n) is 3.86. The smallest absolute Gasteiger partial charge is 0.122 e. The second kappa shape index (κ2) is 5.84. The van der Waals surface area contributed by atoms with E-state index in [0.29, 0.717) is 6.61 Å². The molecule has 1 aromatic carbocycles. The average molecular weight is 248 g/mol. The van der Waals surface area contributed by atoms with Crippen molar-refractivity contribution in [2.24, 2.45) is 0 Å². The van der Waals surface area contributed by atoms with E-state index in [0.717, 1.165) is 17.7 Å². The fraction of sp³-hybridized carbons (Fsp3) is 0.286. The van der Waals surface area contributed by atoms with Crippen molar-refractivity contribution in [3.8, 4) is 5.75 Å². The van der Waals surface area contributed by atoms with E-state index in [9.17, 15) is 5.11 Å². The first kappa shape index (κ1) is 12.1. The molecule has 1 unspecified atom stereocenters. The quantitative estimate of drug-likeness (QED) is 0.872. The molecule has 1 aromatic heterocycles. The van der Waals surface area contributed by atoms with Crippen LogP contribution in [0, 0.1) is 0 Å². The van der Waals surface area contributed by atoms with Gasteiger partial charge in [0.15, 0.2) is 0 Å². The van der Waals surface area contributed by atoms with Crippen molar-refractivity contribution >= 4 is 11.3 Å². The van der Waals surface area contributed by atoms with Crippen molar-refractivity contribution in [2.75, 3.05) is 0 Å². The van der Waals surface area contributed by atoms with Crippen LogP contribution in [0.2, 0.25) is 0 Å². The SMILES string of the molecule is CCC(O)c1ccc(OCc2cccs2)cc1. The average Bonchev–Trinajstić information content (AvgIpc) is 2.89. The van der Waals surface area contributed by atoms with Gasteiger partial charge in [0.05, 0.1) is 6.10 Å². The first-order valence-corrected chi connectivity index (χ1v) is 6.60. The highest BCUT2D eigenvalue weighted by molar-refractivity contribution is 7.09. The lowest BCUT2D eigenvalue weighted by atomic mass is 10.1. The van der Waals surface area contributed by atoms with E-state index >= 15 is 0 Å². The minimum Gasteiger partial charge on any atom is -0.488 e. The van der Waals surface area contributed by atoms with Gasteiger partial charge in [0.25, 0.3) is 0 Å². The van der Waals surface area contributed by atoms with Crippen LogP contribution < -0.4 is 4.74 Å². The summed E-state index contributed by atoms with van der Waals surface area (Å²) in [4.78, 5) is 1.21. The molecule has 0 saturated carbocycles. The van der Waals surface area contributed by atoms with Gasteiger partial charge in [-0.2, -0.15) is 0 Å². The zero-order valence-electron chi connectivity index (χ0n) is 9.80. The predicted molar refractivity (Wildman–Crippen MR) is 70.3 cm³/mol. The Morgan fingerprint density at radius 1 is 1.24 bits per heavy atom. The van der Waals surface area contributed by atoms with Gasteiger partial charge in [-0.1, -0.05) is 25.1 Å². The third kappa shape index (κ3) is 3.32. The van der Waals surface area contributed by atoms with Crippen molar-refractivity contribution in [2.45, 2.75) is 26.1 Å². The monoisotopic (exact) mass is 248 g/mol. The van der Waals surface area contributed by atoms with E-state index < -0.39 is 0 Å². The fourth-order valence-corrected chi connectivity index (χ4v) is 2.19. The van der Waals surface area contributed by atoms with Crippen LogP contribution in [0.4, 0.5) is 0 Å². The predicted octanol–water partition coefficient (Wildman–Crippen LogP) is 3.77. The first-order valence-electron chi connectivity index (χ1n) is 5.73. The Balaban J connectivity index is 1.94. The summed E-state index contributed by atoms with van der Waals surface area (Å²) in [6, 6.07) is 11.7. The molecule has 2 nitrogen and oxygen atoms in total. The Morgan fingerprint density at radius 2 is 2.00 bits per heavy atom. The van der Waals surface area contributed by atoms with E-state index in [-0.39, 0.29) is 6.10 Å². The highest BCUT2D eigenvalue weighted by Gasteiger charge is 2.04. The minimum absolute atomic E-state index is 0.374. The molecule has 1 N–H and O–H groups in total. The molecule has 0 saturated heterocycles. The molecule has 0 aliphatic heterocycles. The number of benzene rings is 1. The van der Waals surface area contributed by atoms with E-state index in [4.69, 9.17) is 4.74 Å². The molecule has 1 heterocycles. The lowest BCUT2D eigenvalue weighted by molar-refractivity contribution is 0.173. The van der Waals surface area contributed by atoms with Gasteiger partial charge in [-0.05, 0) is 35.6 Å². The summed E-state index contributed by atoms with van der Waals surface area (Å²) in [6.07, 6.45) is 0.358. The maximum atomic E-state index is 9.66. The standard InChI is InChI=1S/C14H16O2S/c1-2-14(15)11-5-7-12(8-6-11)16-10-13-4-3-9-17-13/h3-9,14-15H,2,10H2,1H3. The number of thiophene rings is 1. The molecule has 0 aliphatic rings. The molecule has 0 radical (unpaired) electrons. The van der Waals surface area contributed by atoms with Crippen molar-refractivity contribution in [1.82, 2.24) is 0 Å². The second-order valence-corrected chi connectivity index (χ2v) is 4.89. The minimum atomic E-state index is -0.374. The molecule has 2 aromatic rings. The van der Waals surface area contributed by atoms with Crippen LogP contribution in [0.15, 0.2) is 41.8 Å². The zero-order valence-corrected chi connectivity index (χ0v) is 10.6. The summed E-state index contributed by atoms with van der Waals surface area (Å²) in [6.45, 7) is 2.57. The number of ether oxygens (including phenoxy) is 1. The molecule has 0 bridgehead atoms. The Morgan fingerprint density at radius 3 is 2.59 bits per heavy atom. The fourth-order valence-electron chi connectivity index (χ4n) is 1.57. The Hall–Kier alpha value is -1.32. The van der Waals surface area contributed by atoms with Gasteiger partial charge in [0.2, 0.25) is 0 Å². The maximum absolute atomic E-state index is 9.66. The highest BCUT2D eigenvalue weighted by atomic mass is 32.1. The van der Waals surface area contributed by atoms with Crippen LogP contribution in [0.3, 0.4) is 0 Å². The topological polar surface area (TPSA) is 29.5 Å². The van der Waals surface area contributed by atoms with Gasteiger partial charge in [0, 0.05) is 4.88 Å². The van der Waals surface area contributed by atoms with Gasteiger partial charge in [-0.3, -0.25) is 0 Å². The molecule has 1 atom stereocenters. The Bertz CT molecular complexity index is 434. The first-order chi connectivity index (χ1) is 8.29. The van der Waals surface area contributed by atoms with Crippen molar-refractivity contribution < 1.29 is 9.84 Å². The number of rotatable bonds is 5. The molecular weight excluding hydrogens is 232 g/mol. The van der Waals surface area contributed by atoms with Crippen molar-refractivity contribution in [3.05, 3.63) is 52.2 Å². The lowest BCUT2D eigenvalue weighted by Gasteiger charge is -2.09. The lowest BCUT2D eigenvalue weighted by Crippen LogP contribution is -1.96. The van der Waals surface area contributed by atoms with Crippen LogP contribution in [0.25, 0.3) is 0 Å². The summed E-state index contributed by atoms with van der Waals surface area (Å²) in [5.41, 5.74) is 0.941. The molecule has 2 rings (SSSR count). The third-order valence-corrected chi connectivity index (χ3v) is 3.46. The van der Waals surface area contributed by atoms with Crippen LogP contribution in [-0.2, 0) is 6.61 Å². The normalized spacial score (nSPS) is 12.4. The van der Waals surface area contributed by atoms with E-state index in [1.807, 2.05) is 42.6 Å². The molecular formula is C14H16O2S. The van der Waals surface area contributed by atoms with Gasteiger partial charge >= 0.3 is 0 Å². The number of hydrogen-bond acceptors (Lipinski definition) is 3. The van der Waals surface area contributed by atoms with Crippen LogP contribution in [0.1, 0.15) is 29.9 Å². The molecule has 17 heavy (non-hydrogen) atoms. The largest absolute Gasteiger partial charge is 0.488 e. The Labute approximate surface area is 105 Å². The summed E-state index contributed by atoms with van der Waals surface area (Å²) in [5.74, 6) is 0.838. The number of aliphatic hydroxyl groups excluding tert-OH is 1. The van der Waals surface area contributed by atoms with E-state index in [1.165, 1.54) is 4.88 Å². The molecule has 0 amide bonds. The Kier molecular flexibility index (Phi) is 4.18. The number of aliphatic hydroxyl groups is 1. The third-order valence-electron chi connectivity index (χ3n) is 2.61. The zero-order chi connectivity index (χ0) is 12.1. The van der Waals surface area contributed by atoms with Crippen LogP contribution >= 0.6 is 11.3 Å². The van der Waals surface area contributed by atoms with E-state index in [1.54, 1.807) is 11.3 Å². The molecule has 0 aliphatic carbocycles. The molecule has 0 fully saturated rings. The maximum Gasteiger partial charge on any atom is 0.122 e. The van der Waals surface area contributed by atoms with Crippen molar-refractivity contribution in [3.63, 3.8) is 0 Å². The highest BCUT2D eigenvalue weighted by Crippen LogP contribution is 2.21. The van der Waals surface area contributed by atoms with Gasteiger partial charge < -0.3 is 9.84 Å². The summed E-state index contributed by atoms with van der Waals surface area (Å²) < 4.78 is 5.65. The van der Waals surface area contributed by atoms with Gasteiger partial charge in [-0.15, -0.1) is 11.3 Å². The van der Waals surface area contributed by atoms with Gasteiger partial charge in [-0.25, -0.2) is 0 Å². The van der Waals surface area contributed by atoms with Gasteiger partial charge in [0.1, 0.15) is 12.4 Å². The summed E-state index contributed by atoms with van der Waals surface area (Å²) in [5, 5.41) is 11.7. The van der Waals surface area contributed by atoms with Crippen LogP contribution in [0.5, 0.6) is 5.75 Å². The number of hydrogen-bond donors (Lipinski definition) is 1. The summed E-state index contributed by atoms with van der Waals surface area (Å²) >= 11 is 1.69. The molecule has 90 valence electrons.